The van der Waals surface area contributed by atoms with Crippen molar-refractivity contribution < 1.29 is 4.79 Å². The summed E-state index contributed by atoms with van der Waals surface area (Å²) in [6.07, 6.45) is 3.18. The summed E-state index contributed by atoms with van der Waals surface area (Å²) >= 11 is 0. The minimum absolute atomic E-state index is 0.161. The smallest absolute Gasteiger partial charge is 0.221 e. The number of rotatable bonds is 7. The number of nitrogens with one attached hydrogen (secondary N) is 2. The summed E-state index contributed by atoms with van der Waals surface area (Å²) in [7, 11) is 2.19. The van der Waals surface area contributed by atoms with Gasteiger partial charge in [0.25, 0.3) is 0 Å². The van der Waals surface area contributed by atoms with Gasteiger partial charge in [-0.25, -0.2) is 0 Å². The summed E-state index contributed by atoms with van der Waals surface area (Å²) in [5.41, 5.74) is 0. The first kappa shape index (κ1) is 16.4. The fraction of sp³-hybridized carbons (Fsp3) is 0.933. The molecule has 0 bridgehead atoms. The maximum Gasteiger partial charge on any atom is 0.221 e. The van der Waals surface area contributed by atoms with Gasteiger partial charge in [-0.2, -0.15) is 0 Å². The van der Waals surface area contributed by atoms with Gasteiger partial charge in [0.15, 0.2) is 0 Å². The number of carbonyl (C=O) groups excluding carboxylic acids is 1. The van der Waals surface area contributed by atoms with Gasteiger partial charge < -0.3 is 15.5 Å². The van der Waals surface area contributed by atoms with Crippen LogP contribution in [0.5, 0.6) is 0 Å². The second kappa shape index (κ2) is 8.54. The molecule has 0 spiro atoms. The molecule has 19 heavy (non-hydrogen) atoms. The number of amides is 1. The monoisotopic (exact) mass is 269 g/mol. The fourth-order valence-corrected chi connectivity index (χ4v) is 2.60. The number of piperidine rings is 1. The molecule has 1 fully saturated rings. The molecular formula is C15H31N3O. The van der Waals surface area contributed by atoms with Crippen LogP contribution in [0.1, 0.15) is 40.0 Å². The van der Waals surface area contributed by atoms with E-state index in [2.05, 4.69) is 43.4 Å². The summed E-state index contributed by atoms with van der Waals surface area (Å²) in [5.74, 6) is 1.40. The highest BCUT2D eigenvalue weighted by molar-refractivity contribution is 5.76. The van der Waals surface area contributed by atoms with Crippen molar-refractivity contribution in [2.45, 2.75) is 46.1 Å². The largest absolute Gasteiger partial charge is 0.356 e. The minimum Gasteiger partial charge on any atom is -0.356 e. The molecule has 0 saturated carbocycles. The van der Waals surface area contributed by atoms with Crippen LogP contribution in [0.4, 0.5) is 0 Å². The Kier molecular flexibility index (Phi) is 7.39. The van der Waals surface area contributed by atoms with Crippen molar-refractivity contribution in [3.05, 3.63) is 0 Å². The number of likely N-dealkylation sites (tertiary alicyclic amines) is 1. The third-order valence-electron chi connectivity index (χ3n) is 3.89. The fourth-order valence-electron chi connectivity index (χ4n) is 2.60. The van der Waals surface area contributed by atoms with Crippen LogP contribution in [0.15, 0.2) is 0 Å². The van der Waals surface area contributed by atoms with Gasteiger partial charge in [-0.15, -0.1) is 0 Å². The molecule has 0 aromatic rings. The zero-order valence-electron chi connectivity index (χ0n) is 13.0. The van der Waals surface area contributed by atoms with Gasteiger partial charge in [-0.3, -0.25) is 4.79 Å². The molecule has 2 N–H and O–H groups in total. The Labute approximate surface area is 118 Å². The molecule has 1 amide bonds. The quantitative estimate of drug-likeness (QED) is 0.735. The van der Waals surface area contributed by atoms with E-state index in [0.717, 1.165) is 19.0 Å². The Balaban J connectivity index is 2.12. The molecule has 2 atom stereocenters. The molecule has 0 aliphatic carbocycles. The van der Waals surface area contributed by atoms with E-state index in [4.69, 9.17) is 0 Å². The zero-order valence-corrected chi connectivity index (χ0v) is 13.0. The van der Waals surface area contributed by atoms with Gasteiger partial charge in [0.05, 0.1) is 0 Å². The van der Waals surface area contributed by atoms with Gasteiger partial charge in [0, 0.05) is 32.1 Å². The summed E-state index contributed by atoms with van der Waals surface area (Å²) in [6.45, 7) is 10.4. The summed E-state index contributed by atoms with van der Waals surface area (Å²) < 4.78 is 0. The Bertz CT molecular complexity index is 268. The number of hydrogen-bond acceptors (Lipinski definition) is 3. The zero-order chi connectivity index (χ0) is 14.3. The van der Waals surface area contributed by atoms with Crippen LogP contribution in [0.25, 0.3) is 0 Å². The van der Waals surface area contributed by atoms with Crippen LogP contribution in [0.3, 0.4) is 0 Å². The summed E-state index contributed by atoms with van der Waals surface area (Å²) in [6, 6.07) is 0.501. The maximum absolute atomic E-state index is 11.6. The molecule has 1 rings (SSSR count). The van der Waals surface area contributed by atoms with Crippen LogP contribution in [-0.4, -0.2) is 50.1 Å². The molecule has 1 heterocycles. The predicted octanol–water partition coefficient (Wildman–Crippen LogP) is 1.47. The molecule has 2 unspecified atom stereocenters. The average molecular weight is 269 g/mol. The van der Waals surface area contributed by atoms with Gasteiger partial charge in [-0.05, 0) is 45.2 Å². The Hall–Kier alpha value is -0.610. The molecule has 4 nitrogen and oxygen atoms in total. The molecule has 0 radical (unpaired) electrons. The van der Waals surface area contributed by atoms with Crippen molar-refractivity contribution in [1.82, 2.24) is 15.5 Å². The minimum atomic E-state index is 0.161. The molecular weight excluding hydrogens is 238 g/mol. The predicted molar refractivity (Wildman–Crippen MR) is 80.2 cm³/mol. The van der Waals surface area contributed by atoms with E-state index in [1.165, 1.54) is 25.9 Å². The van der Waals surface area contributed by atoms with Crippen molar-refractivity contribution in [2.75, 3.05) is 33.2 Å². The van der Waals surface area contributed by atoms with Crippen LogP contribution in [0.2, 0.25) is 0 Å². The highest BCUT2D eigenvalue weighted by Crippen LogP contribution is 2.18. The van der Waals surface area contributed by atoms with E-state index >= 15 is 0 Å². The lowest BCUT2D eigenvalue weighted by atomic mass is 9.92. The van der Waals surface area contributed by atoms with Crippen LogP contribution in [0, 0.1) is 11.8 Å². The average Bonchev–Trinajstić information content (AvgIpc) is 2.36. The van der Waals surface area contributed by atoms with Crippen LogP contribution >= 0.6 is 0 Å². The lowest BCUT2D eigenvalue weighted by molar-refractivity contribution is -0.121. The number of nitrogens with zero attached hydrogens (tertiary/aromatic N) is 1. The first-order chi connectivity index (χ1) is 8.99. The molecule has 1 saturated heterocycles. The van der Waals surface area contributed by atoms with Gasteiger partial charge in [0.2, 0.25) is 5.91 Å². The van der Waals surface area contributed by atoms with Gasteiger partial charge in [-0.1, -0.05) is 13.8 Å². The molecule has 0 aromatic carbocycles. The number of hydrogen-bond donors (Lipinski definition) is 2. The SMILES string of the molecule is CC(C)CNC(=O)CCNC(C)C1CCCN(C)C1. The van der Waals surface area contributed by atoms with E-state index in [9.17, 15) is 4.79 Å². The Morgan fingerprint density at radius 3 is 2.74 bits per heavy atom. The third kappa shape index (κ3) is 6.92. The van der Waals surface area contributed by atoms with Crippen LogP contribution < -0.4 is 10.6 Å². The second-order valence-corrected chi connectivity index (χ2v) is 6.36. The van der Waals surface area contributed by atoms with E-state index in [-0.39, 0.29) is 5.91 Å². The van der Waals surface area contributed by atoms with Crippen molar-refractivity contribution >= 4 is 5.91 Å². The lowest BCUT2D eigenvalue weighted by Gasteiger charge is -2.34. The van der Waals surface area contributed by atoms with E-state index in [1.54, 1.807) is 0 Å². The molecule has 1 aliphatic rings. The third-order valence-corrected chi connectivity index (χ3v) is 3.89. The first-order valence-corrected chi connectivity index (χ1v) is 7.67. The first-order valence-electron chi connectivity index (χ1n) is 7.67. The standard InChI is InChI=1S/C15H31N3O/c1-12(2)10-17-15(19)7-8-16-13(3)14-6-5-9-18(4)11-14/h12-14,16H,5-11H2,1-4H3,(H,17,19). The van der Waals surface area contributed by atoms with Crippen molar-refractivity contribution in [3.63, 3.8) is 0 Å². The maximum atomic E-state index is 11.6. The van der Waals surface area contributed by atoms with Crippen LogP contribution in [-0.2, 0) is 4.79 Å². The highest BCUT2D eigenvalue weighted by atomic mass is 16.1. The van der Waals surface area contributed by atoms with Crippen molar-refractivity contribution in [2.24, 2.45) is 11.8 Å². The topological polar surface area (TPSA) is 44.4 Å². The Morgan fingerprint density at radius 2 is 2.11 bits per heavy atom. The molecule has 4 heteroatoms. The summed E-state index contributed by atoms with van der Waals surface area (Å²) in [4.78, 5) is 14.0. The molecule has 112 valence electrons. The molecule has 0 aromatic heterocycles. The van der Waals surface area contributed by atoms with Gasteiger partial charge >= 0.3 is 0 Å². The van der Waals surface area contributed by atoms with E-state index in [0.29, 0.717) is 18.4 Å². The Morgan fingerprint density at radius 1 is 1.37 bits per heavy atom. The second-order valence-electron chi connectivity index (χ2n) is 6.36. The van der Waals surface area contributed by atoms with Gasteiger partial charge in [0.1, 0.15) is 0 Å². The lowest BCUT2D eigenvalue weighted by Crippen LogP contribution is -2.44. The normalized spacial score (nSPS) is 22.5. The highest BCUT2D eigenvalue weighted by Gasteiger charge is 2.22. The van der Waals surface area contributed by atoms with E-state index in [1.807, 2.05) is 0 Å². The number of carbonyl (C=O) groups is 1. The van der Waals surface area contributed by atoms with Crippen molar-refractivity contribution in [3.8, 4) is 0 Å². The van der Waals surface area contributed by atoms with E-state index < -0.39 is 0 Å². The molecule has 1 aliphatic heterocycles. The summed E-state index contributed by atoms with van der Waals surface area (Å²) in [5, 5.41) is 6.46. The van der Waals surface area contributed by atoms with Crippen molar-refractivity contribution in [1.29, 1.82) is 0 Å².